The van der Waals surface area contributed by atoms with Crippen LogP contribution in [-0.2, 0) is 0 Å². The Morgan fingerprint density at radius 1 is 1.50 bits per heavy atom. The van der Waals surface area contributed by atoms with E-state index in [-0.39, 0.29) is 11.3 Å². The van der Waals surface area contributed by atoms with Crippen molar-refractivity contribution in [2.45, 2.75) is 18.2 Å². The average Bonchev–Trinajstić information content (AvgIpc) is 2.71. The monoisotopic (exact) mass is 213 g/mol. The number of carbonyl (C=O) groups excluding carboxylic acids is 1. The first kappa shape index (κ1) is 9.59. The van der Waals surface area contributed by atoms with Crippen LogP contribution >= 0.6 is 11.6 Å². The Balaban J connectivity index is 1.99. The fourth-order valence-corrected chi connectivity index (χ4v) is 1.81. The molecule has 0 unspecified atom stereocenters. The van der Waals surface area contributed by atoms with Gasteiger partial charge in [-0.25, -0.2) is 0 Å². The molecule has 1 fully saturated rings. The van der Waals surface area contributed by atoms with Gasteiger partial charge in [0.2, 0.25) is 0 Å². The Bertz CT molecular complexity index is 302. The lowest BCUT2D eigenvalue weighted by molar-refractivity contribution is 0.0726. The van der Waals surface area contributed by atoms with E-state index in [2.05, 4.69) is 0 Å². The lowest BCUT2D eigenvalue weighted by atomic mass is 10.1. The number of alkyl halides is 1. The molecule has 1 amide bonds. The highest BCUT2D eigenvalue weighted by atomic mass is 35.5. The van der Waals surface area contributed by atoms with Gasteiger partial charge >= 0.3 is 0 Å². The molecule has 4 heteroatoms. The number of hydrogen-bond donors (Lipinski definition) is 0. The number of halogens is 1. The molecule has 1 aromatic rings. The van der Waals surface area contributed by atoms with E-state index in [0.717, 1.165) is 25.9 Å². The first-order valence-electron chi connectivity index (χ1n) is 4.73. The summed E-state index contributed by atoms with van der Waals surface area (Å²) in [6.45, 7) is 1.50. The average molecular weight is 214 g/mol. The van der Waals surface area contributed by atoms with Gasteiger partial charge in [0.15, 0.2) is 0 Å². The van der Waals surface area contributed by atoms with Crippen molar-refractivity contribution in [3.05, 3.63) is 24.2 Å². The van der Waals surface area contributed by atoms with Crippen LogP contribution in [-0.4, -0.2) is 29.3 Å². The van der Waals surface area contributed by atoms with Crippen molar-refractivity contribution in [2.24, 2.45) is 0 Å². The summed E-state index contributed by atoms with van der Waals surface area (Å²) in [5.41, 5.74) is 0.623. The fraction of sp³-hybridized carbons (Fsp3) is 0.500. The van der Waals surface area contributed by atoms with Crippen molar-refractivity contribution < 1.29 is 9.21 Å². The van der Waals surface area contributed by atoms with Gasteiger partial charge < -0.3 is 9.32 Å². The van der Waals surface area contributed by atoms with Crippen molar-refractivity contribution >= 4 is 17.5 Å². The highest BCUT2D eigenvalue weighted by molar-refractivity contribution is 6.20. The minimum Gasteiger partial charge on any atom is -0.472 e. The highest BCUT2D eigenvalue weighted by Gasteiger charge is 2.22. The maximum Gasteiger partial charge on any atom is 0.257 e. The Morgan fingerprint density at radius 3 is 2.79 bits per heavy atom. The van der Waals surface area contributed by atoms with E-state index >= 15 is 0 Å². The maximum atomic E-state index is 11.8. The van der Waals surface area contributed by atoms with Crippen LogP contribution < -0.4 is 0 Å². The van der Waals surface area contributed by atoms with Crippen LogP contribution in [0.5, 0.6) is 0 Å². The highest BCUT2D eigenvalue weighted by Crippen LogP contribution is 2.17. The maximum absolute atomic E-state index is 11.8. The van der Waals surface area contributed by atoms with Crippen molar-refractivity contribution in [3.8, 4) is 0 Å². The van der Waals surface area contributed by atoms with Gasteiger partial charge in [-0.05, 0) is 18.9 Å². The molecule has 2 rings (SSSR count). The van der Waals surface area contributed by atoms with Gasteiger partial charge in [-0.2, -0.15) is 0 Å². The smallest absolute Gasteiger partial charge is 0.257 e. The van der Waals surface area contributed by atoms with Gasteiger partial charge in [-0.15, -0.1) is 11.6 Å². The molecular formula is C10H12ClNO2. The number of hydrogen-bond acceptors (Lipinski definition) is 2. The van der Waals surface area contributed by atoms with Crippen molar-refractivity contribution in [3.63, 3.8) is 0 Å². The molecule has 1 aliphatic rings. The predicted molar refractivity (Wildman–Crippen MR) is 53.5 cm³/mol. The minimum atomic E-state index is 0.0438. The quantitative estimate of drug-likeness (QED) is 0.670. The summed E-state index contributed by atoms with van der Waals surface area (Å²) in [5.74, 6) is 0.0438. The molecule has 14 heavy (non-hydrogen) atoms. The summed E-state index contributed by atoms with van der Waals surface area (Å²) >= 11 is 5.96. The van der Waals surface area contributed by atoms with E-state index in [1.54, 1.807) is 6.07 Å². The van der Waals surface area contributed by atoms with Crippen LogP contribution in [0.25, 0.3) is 0 Å². The molecule has 0 spiro atoms. The standard InChI is InChI=1S/C10H12ClNO2/c11-9-1-4-12(5-2-9)10(13)8-3-6-14-7-8/h3,6-7,9H,1-2,4-5H2. The molecule has 0 saturated carbocycles. The summed E-state index contributed by atoms with van der Waals surface area (Å²) in [7, 11) is 0. The lowest BCUT2D eigenvalue weighted by Crippen LogP contribution is -2.38. The van der Waals surface area contributed by atoms with E-state index in [0.29, 0.717) is 5.56 Å². The van der Waals surface area contributed by atoms with Crippen LogP contribution in [0.15, 0.2) is 23.0 Å². The molecule has 0 atom stereocenters. The molecule has 0 N–H and O–H groups in total. The summed E-state index contributed by atoms with van der Waals surface area (Å²) in [6, 6.07) is 1.69. The molecule has 0 radical (unpaired) electrons. The third-order valence-corrected chi connectivity index (χ3v) is 2.92. The Kier molecular flexibility index (Phi) is 2.77. The Labute approximate surface area is 87.6 Å². The first-order valence-corrected chi connectivity index (χ1v) is 5.16. The topological polar surface area (TPSA) is 33.5 Å². The largest absolute Gasteiger partial charge is 0.472 e. The molecule has 0 bridgehead atoms. The first-order chi connectivity index (χ1) is 6.77. The van der Waals surface area contributed by atoms with Gasteiger partial charge in [-0.1, -0.05) is 0 Å². The number of amides is 1. The minimum absolute atomic E-state index is 0.0438. The molecule has 1 saturated heterocycles. The zero-order valence-corrected chi connectivity index (χ0v) is 8.54. The SMILES string of the molecule is O=C(c1ccoc1)N1CCC(Cl)CC1. The predicted octanol–water partition coefficient (Wildman–Crippen LogP) is 2.12. The van der Waals surface area contributed by atoms with Gasteiger partial charge in [0.05, 0.1) is 11.8 Å². The van der Waals surface area contributed by atoms with Gasteiger partial charge in [0, 0.05) is 18.5 Å². The third kappa shape index (κ3) is 1.93. The number of piperidine rings is 1. The number of likely N-dealkylation sites (tertiary alicyclic amines) is 1. The molecule has 0 aromatic carbocycles. The van der Waals surface area contributed by atoms with Crippen molar-refractivity contribution in [1.82, 2.24) is 4.90 Å². The van der Waals surface area contributed by atoms with Gasteiger partial charge in [-0.3, -0.25) is 4.79 Å². The normalized spacial score (nSPS) is 18.5. The van der Waals surface area contributed by atoms with Gasteiger partial charge in [0.1, 0.15) is 6.26 Å². The number of nitrogens with zero attached hydrogens (tertiary/aromatic N) is 1. The van der Waals surface area contributed by atoms with Crippen molar-refractivity contribution in [1.29, 1.82) is 0 Å². The summed E-state index contributed by atoms with van der Waals surface area (Å²) < 4.78 is 4.87. The molecule has 3 nitrogen and oxygen atoms in total. The third-order valence-electron chi connectivity index (χ3n) is 2.48. The van der Waals surface area contributed by atoms with Crippen molar-refractivity contribution in [2.75, 3.05) is 13.1 Å². The Morgan fingerprint density at radius 2 is 2.21 bits per heavy atom. The second-order valence-corrected chi connectivity index (χ2v) is 4.10. The van der Waals surface area contributed by atoms with E-state index in [4.69, 9.17) is 16.0 Å². The summed E-state index contributed by atoms with van der Waals surface area (Å²) in [5, 5.41) is 0.225. The summed E-state index contributed by atoms with van der Waals surface area (Å²) in [4.78, 5) is 13.6. The van der Waals surface area contributed by atoms with E-state index in [1.807, 2.05) is 4.90 Å². The van der Waals surface area contributed by atoms with E-state index < -0.39 is 0 Å². The second-order valence-electron chi connectivity index (χ2n) is 3.48. The second kappa shape index (κ2) is 4.05. The van der Waals surface area contributed by atoms with Crippen LogP contribution in [0.1, 0.15) is 23.2 Å². The zero-order chi connectivity index (χ0) is 9.97. The van der Waals surface area contributed by atoms with Crippen LogP contribution in [0.4, 0.5) is 0 Å². The molecule has 1 aromatic heterocycles. The molecule has 2 heterocycles. The van der Waals surface area contributed by atoms with Gasteiger partial charge in [0.25, 0.3) is 5.91 Å². The number of carbonyl (C=O) groups is 1. The van der Waals surface area contributed by atoms with Crippen LogP contribution in [0.3, 0.4) is 0 Å². The summed E-state index contributed by atoms with van der Waals surface area (Å²) in [6.07, 6.45) is 4.76. The van der Waals surface area contributed by atoms with Crippen LogP contribution in [0.2, 0.25) is 0 Å². The van der Waals surface area contributed by atoms with Crippen LogP contribution in [0, 0.1) is 0 Å². The van der Waals surface area contributed by atoms with E-state index in [9.17, 15) is 4.79 Å². The fourth-order valence-electron chi connectivity index (χ4n) is 1.62. The molecular weight excluding hydrogens is 202 g/mol. The molecule has 0 aliphatic carbocycles. The molecule has 1 aliphatic heterocycles. The number of furan rings is 1. The molecule has 76 valence electrons. The van der Waals surface area contributed by atoms with E-state index in [1.165, 1.54) is 12.5 Å². The zero-order valence-electron chi connectivity index (χ0n) is 7.78. The Hall–Kier alpha value is -0.960. The number of rotatable bonds is 1. The lowest BCUT2D eigenvalue weighted by Gasteiger charge is -2.28.